The summed E-state index contributed by atoms with van der Waals surface area (Å²) in [7, 11) is 2.02. The maximum atomic E-state index is 13.2. The minimum atomic E-state index is -0.838. The summed E-state index contributed by atoms with van der Waals surface area (Å²) in [5.41, 5.74) is 2.89. The maximum Gasteiger partial charge on any atom is 0.341 e. The van der Waals surface area contributed by atoms with Crippen molar-refractivity contribution < 1.29 is 28.8 Å². The molecule has 2 heterocycles. The molecule has 10 nitrogen and oxygen atoms in total. The summed E-state index contributed by atoms with van der Waals surface area (Å²) < 4.78 is 6.06. The molecule has 1 N–H and O–H groups in total. The van der Waals surface area contributed by atoms with E-state index in [1.165, 1.54) is 11.8 Å². The molecule has 2 aliphatic heterocycles. The smallest absolute Gasteiger partial charge is 0.341 e. The van der Waals surface area contributed by atoms with Gasteiger partial charge in [0.25, 0.3) is 5.91 Å². The number of carbonyl (C=O) groups is 4. The molecule has 0 bridgehead atoms. The SMILES string of the molecule is CCCC(=O)CCC(C(C)=O)N1Cc2c(OCC(C)(C)ONC(=O)N3CCN(C)CC3)cccc2C1=O. The minimum absolute atomic E-state index is 0.101. The number of ketones is 2. The van der Waals surface area contributed by atoms with Gasteiger partial charge in [0.15, 0.2) is 5.78 Å². The topological polar surface area (TPSA) is 108 Å². The fourth-order valence-electron chi connectivity index (χ4n) is 4.53. The number of amides is 3. The molecule has 1 unspecified atom stereocenters. The van der Waals surface area contributed by atoms with Gasteiger partial charge in [-0.15, -0.1) is 0 Å². The third-order valence-corrected chi connectivity index (χ3v) is 6.80. The second kappa shape index (κ2) is 12.5. The van der Waals surface area contributed by atoms with E-state index in [-0.39, 0.29) is 43.1 Å². The number of hydrogen-bond acceptors (Lipinski definition) is 7. The number of nitrogens with one attached hydrogen (secondary N) is 1. The molecule has 1 aromatic rings. The Balaban J connectivity index is 1.60. The summed E-state index contributed by atoms with van der Waals surface area (Å²) in [5, 5.41) is 0. The number of ether oxygens (including phenoxy) is 1. The normalized spacial score (nSPS) is 16.9. The van der Waals surface area contributed by atoms with E-state index in [2.05, 4.69) is 10.4 Å². The van der Waals surface area contributed by atoms with Gasteiger partial charge in [0.05, 0.1) is 12.6 Å². The van der Waals surface area contributed by atoms with Crippen LogP contribution in [0.1, 0.15) is 69.3 Å². The quantitative estimate of drug-likeness (QED) is 0.426. The van der Waals surface area contributed by atoms with Crippen molar-refractivity contribution in [2.75, 3.05) is 39.8 Å². The van der Waals surface area contributed by atoms with Gasteiger partial charge in [-0.3, -0.25) is 19.2 Å². The molecule has 0 radical (unpaired) electrons. The Kier molecular flexibility index (Phi) is 9.67. The molecule has 2 aliphatic rings. The number of hydrogen-bond donors (Lipinski definition) is 1. The van der Waals surface area contributed by atoms with E-state index in [9.17, 15) is 19.2 Å². The number of carbonyl (C=O) groups excluding carboxylic acids is 4. The summed E-state index contributed by atoms with van der Waals surface area (Å²) in [6.45, 7) is 10.3. The average molecular weight is 517 g/mol. The standard InChI is InChI=1S/C27H40N4O6/c1-6-8-20(33)11-12-23(19(2)32)31-17-22-21(25(31)34)9-7-10-24(22)36-18-27(3,4)37-28-26(35)30-15-13-29(5)14-16-30/h7,9-10,23H,6,8,11-18H2,1-5H3,(H,28,35). The molecule has 0 aliphatic carbocycles. The summed E-state index contributed by atoms with van der Waals surface area (Å²) >= 11 is 0. The molecule has 3 amide bonds. The van der Waals surface area contributed by atoms with Crippen LogP contribution in [-0.2, 0) is 21.0 Å². The Morgan fingerprint density at radius 1 is 1.11 bits per heavy atom. The Hall–Kier alpha value is -2.98. The fraction of sp³-hybridized carbons (Fsp3) is 0.630. The highest BCUT2D eigenvalue weighted by Crippen LogP contribution is 2.33. The second-order valence-electron chi connectivity index (χ2n) is 10.5. The van der Waals surface area contributed by atoms with Crippen molar-refractivity contribution >= 4 is 23.5 Å². The fourth-order valence-corrected chi connectivity index (χ4v) is 4.53. The van der Waals surface area contributed by atoms with Crippen LogP contribution in [0, 0.1) is 0 Å². The first kappa shape index (κ1) is 28.6. The third-order valence-electron chi connectivity index (χ3n) is 6.80. The number of rotatable bonds is 12. The zero-order chi connectivity index (χ0) is 27.2. The van der Waals surface area contributed by atoms with Crippen LogP contribution >= 0.6 is 0 Å². The predicted molar refractivity (Wildman–Crippen MR) is 138 cm³/mol. The van der Waals surface area contributed by atoms with Gasteiger partial charge in [-0.05, 0) is 52.8 Å². The zero-order valence-corrected chi connectivity index (χ0v) is 22.7. The average Bonchev–Trinajstić information content (AvgIpc) is 3.18. The van der Waals surface area contributed by atoms with Gasteiger partial charge < -0.3 is 19.4 Å². The molecule has 204 valence electrons. The Bertz CT molecular complexity index is 1000. The van der Waals surface area contributed by atoms with E-state index in [0.717, 1.165) is 19.5 Å². The minimum Gasteiger partial charge on any atom is -0.490 e. The molecule has 0 saturated carbocycles. The first-order valence-electron chi connectivity index (χ1n) is 13.0. The van der Waals surface area contributed by atoms with E-state index in [1.54, 1.807) is 36.9 Å². The van der Waals surface area contributed by atoms with Crippen molar-refractivity contribution in [2.45, 2.75) is 71.6 Å². The zero-order valence-electron chi connectivity index (χ0n) is 22.7. The van der Waals surface area contributed by atoms with E-state index in [1.807, 2.05) is 14.0 Å². The molecule has 1 aromatic carbocycles. The van der Waals surface area contributed by atoms with E-state index >= 15 is 0 Å². The van der Waals surface area contributed by atoms with Crippen LogP contribution in [0.2, 0.25) is 0 Å². The van der Waals surface area contributed by atoms with Crippen LogP contribution in [0.25, 0.3) is 0 Å². The lowest BCUT2D eigenvalue weighted by Gasteiger charge is -2.33. The van der Waals surface area contributed by atoms with Gasteiger partial charge in [0.2, 0.25) is 0 Å². The summed E-state index contributed by atoms with van der Waals surface area (Å²) in [5.74, 6) is 0.251. The highest BCUT2D eigenvalue weighted by atomic mass is 16.7. The Morgan fingerprint density at radius 3 is 2.46 bits per heavy atom. The Morgan fingerprint density at radius 2 is 1.81 bits per heavy atom. The number of benzene rings is 1. The lowest BCUT2D eigenvalue weighted by Crippen LogP contribution is -2.52. The number of Topliss-reactive ketones (excluding diaryl/α,β-unsaturated/α-hetero) is 2. The monoisotopic (exact) mass is 516 g/mol. The number of fused-ring (bicyclic) bond motifs is 1. The van der Waals surface area contributed by atoms with Gasteiger partial charge in [-0.2, -0.15) is 0 Å². The first-order valence-corrected chi connectivity index (χ1v) is 13.0. The first-order chi connectivity index (χ1) is 17.5. The summed E-state index contributed by atoms with van der Waals surface area (Å²) in [6, 6.07) is 4.31. The Labute approximate surface area is 219 Å². The van der Waals surface area contributed by atoms with Crippen LogP contribution in [0.15, 0.2) is 18.2 Å². The largest absolute Gasteiger partial charge is 0.490 e. The molecular formula is C27H40N4O6. The number of hydroxylamine groups is 1. The summed E-state index contributed by atoms with van der Waals surface area (Å²) in [4.78, 5) is 61.1. The molecule has 0 aromatic heterocycles. The van der Waals surface area contributed by atoms with E-state index in [4.69, 9.17) is 9.57 Å². The van der Waals surface area contributed by atoms with Crippen molar-refractivity contribution in [3.8, 4) is 5.75 Å². The third kappa shape index (κ3) is 7.52. The number of piperazine rings is 1. The van der Waals surface area contributed by atoms with Crippen molar-refractivity contribution in [3.63, 3.8) is 0 Å². The lowest BCUT2D eigenvalue weighted by atomic mass is 10.0. The molecule has 37 heavy (non-hydrogen) atoms. The van der Waals surface area contributed by atoms with Crippen LogP contribution in [-0.4, -0.2) is 89.7 Å². The van der Waals surface area contributed by atoms with E-state index < -0.39 is 11.6 Å². The van der Waals surface area contributed by atoms with Gasteiger partial charge >= 0.3 is 6.03 Å². The van der Waals surface area contributed by atoms with Gasteiger partial charge in [0.1, 0.15) is 23.7 Å². The van der Waals surface area contributed by atoms with Crippen LogP contribution in [0.4, 0.5) is 4.79 Å². The highest BCUT2D eigenvalue weighted by molar-refractivity contribution is 6.01. The molecule has 1 fully saturated rings. The molecule has 0 spiro atoms. The number of likely N-dealkylation sites (N-methyl/N-ethyl adjacent to an activating group) is 1. The number of urea groups is 1. The predicted octanol–water partition coefficient (Wildman–Crippen LogP) is 2.80. The van der Waals surface area contributed by atoms with Crippen LogP contribution in [0.3, 0.4) is 0 Å². The maximum absolute atomic E-state index is 13.2. The molecule has 1 saturated heterocycles. The van der Waals surface area contributed by atoms with Crippen LogP contribution in [0.5, 0.6) is 5.75 Å². The molecule has 10 heteroatoms. The van der Waals surface area contributed by atoms with Gasteiger partial charge in [-0.1, -0.05) is 13.0 Å². The summed E-state index contributed by atoms with van der Waals surface area (Å²) in [6.07, 6.45) is 1.83. The highest BCUT2D eigenvalue weighted by Gasteiger charge is 2.37. The lowest BCUT2D eigenvalue weighted by molar-refractivity contribution is -0.122. The molecule has 3 rings (SSSR count). The van der Waals surface area contributed by atoms with Crippen molar-refractivity contribution in [2.24, 2.45) is 0 Å². The molecule has 1 atom stereocenters. The molecular weight excluding hydrogens is 476 g/mol. The van der Waals surface area contributed by atoms with Gasteiger partial charge in [0, 0.05) is 50.1 Å². The van der Waals surface area contributed by atoms with Gasteiger partial charge in [-0.25, -0.2) is 10.3 Å². The van der Waals surface area contributed by atoms with E-state index in [0.29, 0.717) is 42.8 Å². The van der Waals surface area contributed by atoms with Crippen LogP contribution < -0.4 is 10.2 Å². The van der Waals surface area contributed by atoms with Crippen molar-refractivity contribution in [1.29, 1.82) is 0 Å². The number of nitrogens with zero attached hydrogens (tertiary/aromatic N) is 3. The van der Waals surface area contributed by atoms with Crippen molar-refractivity contribution in [1.82, 2.24) is 20.2 Å². The van der Waals surface area contributed by atoms with Crippen molar-refractivity contribution in [3.05, 3.63) is 29.3 Å². The second-order valence-corrected chi connectivity index (χ2v) is 10.5.